The summed E-state index contributed by atoms with van der Waals surface area (Å²) in [4.78, 5) is 13.0. The summed E-state index contributed by atoms with van der Waals surface area (Å²) in [5, 5.41) is 1.55. The number of ether oxygens (including phenoxy) is 1. The fourth-order valence-corrected chi connectivity index (χ4v) is 3.31. The van der Waals surface area contributed by atoms with Gasteiger partial charge < -0.3 is 4.74 Å². The maximum Gasteiger partial charge on any atom is 0.265 e. The molecule has 4 nitrogen and oxygen atoms in total. The molecule has 0 saturated carbocycles. The highest BCUT2D eigenvalue weighted by molar-refractivity contribution is 5.93. The van der Waals surface area contributed by atoms with E-state index in [2.05, 4.69) is 5.43 Å². The maximum absolute atomic E-state index is 13.4. The van der Waals surface area contributed by atoms with Crippen LogP contribution >= 0.6 is 0 Å². The summed E-state index contributed by atoms with van der Waals surface area (Å²) in [5.74, 6) is 0.241. The number of halogens is 1. The average Bonchev–Trinajstić information content (AvgIpc) is 3.24. The smallest absolute Gasteiger partial charge is 0.265 e. The van der Waals surface area contributed by atoms with E-state index < -0.39 is 0 Å². The van der Waals surface area contributed by atoms with Crippen molar-refractivity contribution in [2.24, 2.45) is 0 Å². The average molecular weight is 400 g/mol. The van der Waals surface area contributed by atoms with Crippen LogP contribution in [0.5, 0.6) is 5.75 Å². The van der Waals surface area contributed by atoms with Gasteiger partial charge in [-0.15, -0.1) is 0 Å². The molecule has 0 saturated heterocycles. The van der Waals surface area contributed by atoms with Crippen LogP contribution < -0.4 is 10.2 Å². The second-order valence-corrected chi connectivity index (χ2v) is 6.87. The number of hydrazine groups is 1. The number of carbonyl (C=O) groups is 1. The molecule has 1 atom stereocenters. The van der Waals surface area contributed by atoms with Crippen LogP contribution in [0.15, 0.2) is 91.0 Å². The van der Waals surface area contributed by atoms with E-state index in [4.69, 9.17) is 4.74 Å². The quantitative estimate of drug-likeness (QED) is 0.615. The molecule has 0 fully saturated rings. The zero-order valence-corrected chi connectivity index (χ0v) is 16.5. The Morgan fingerprint density at radius 2 is 1.70 bits per heavy atom. The predicted molar refractivity (Wildman–Crippen MR) is 116 cm³/mol. The van der Waals surface area contributed by atoms with Gasteiger partial charge in [0.2, 0.25) is 0 Å². The lowest BCUT2D eigenvalue weighted by atomic mass is 10.0. The number of amides is 1. The minimum Gasteiger partial charge on any atom is -0.497 e. The van der Waals surface area contributed by atoms with Gasteiger partial charge >= 0.3 is 0 Å². The Kier molecular flexibility index (Phi) is 5.61. The number of nitrogens with one attached hydrogen (secondary N) is 1. The largest absolute Gasteiger partial charge is 0.497 e. The highest BCUT2D eigenvalue weighted by atomic mass is 19.1. The molecule has 0 aliphatic carbocycles. The van der Waals surface area contributed by atoms with Crippen molar-refractivity contribution in [1.82, 2.24) is 10.4 Å². The van der Waals surface area contributed by atoms with E-state index in [0.717, 1.165) is 28.1 Å². The van der Waals surface area contributed by atoms with Crippen LogP contribution in [0.1, 0.15) is 22.7 Å². The molecule has 1 heterocycles. The highest BCUT2D eigenvalue weighted by Crippen LogP contribution is 2.32. The number of rotatable bonds is 5. The molecule has 3 aromatic carbocycles. The molecule has 1 aliphatic rings. The third kappa shape index (κ3) is 4.25. The third-order valence-electron chi connectivity index (χ3n) is 4.91. The van der Waals surface area contributed by atoms with Gasteiger partial charge in [-0.25, -0.2) is 9.40 Å². The van der Waals surface area contributed by atoms with E-state index in [0.29, 0.717) is 0 Å². The lowest BCUT2D eigenvalue weighted by molar-refractivity contribution is -0.129. The van der Waals surface area contributed by atoms with Crippen LogP contribution in [0.4, 0.5) is 4.39 Å². The van der Waals surface area contributed by atoms with Gasteiger partial charge in [0.15, 0.2) is 0 Å². The Labute approximate surface area is 174 Å². The van der Waals surface area contributed by atoms with Crippen molar-refractivity contribution in [3.63, 3.8) is 0 Å². The summed E-state index contributed by atoms with van der Waals surface area (Å²) in [6.07, 6.45) is 5.27. The third-order valence-corrected chi connectivity index (χ3v) is 4.91. The van der Waals surface area contributed by atoms with E-state index in [1.54, 1.807) is 30.3 Å². The monoisotopic (exact) mass is 400 g/mol. The van der Waals surface area contributed by atoms with E-state index in [-0.39, 0.29) is 17.8 Å². The predicted octanol–water partition coefficient (Wildman–Crippen LogP) is 4.98. The molecule has 1 N–H and O–H groups in total. The topological polar surface area (TPSA) is 41.6 Å². The van der Waals surface area contributed by atoms with Crippen LogP contribution in [-0.4, -0.2) is 18.0 Å². The number of methoxy groups -OCH3 is 1. The Morgan fingerprint density at radius 1 is 1.00 bits per heavy atom. The molecule has 0 bridgehead atoms. The molecular formula is C25H21FN2O2. The van der Waals surface area contributed by atoms with Gasteiger partial charge in [0.1, 0.15) is 11.6 Å². The van der Waals surface area contributed by atoms with Crippen molar-refractivity contribution in [2.45, 2.75) is 6.04 Å². The first-order chi connectivity index (χ1) is 14.6. The van der Waals surface area contributed by atoms with Crippen molar-refractivity contribution >= 4 is 17.7 Å². The Hall–Kier alpha value is -3.86. The van der Waals surface area contributed by atoms with Gasteiger partial charge in [-0.2, -0.15) is 0 Å². The molecule has 0 radical (unpaired) electrons. The minimum absolute atomic E-state index is 0.201. The number of benzene rings is 3. The second kappa shape index (κ2) is 8.66. The molecule has 5 heteroatoms. The van der Waals surface area contributed by atoms with E-state index in [1.165, 1.54) is 18.2 Å². The number of hydrogen-bond acceptors (Lipinski definition) is 3. The fourth-order valence-electron chi connectivity index (χ4n) is 3.31. The van der Waals surface area contributed by atoms with Gasteiger partial charge in [-0.1, -0.05) is 42.5 Å². The minimum atomic E-state index is -0.365. The van der Waals surface area contributed by atoms with Crippen molar-refractivity contribution in [2.75, 3.05) is 7.11 Å². The molecule has 0 spiro atoms. The van der Waals surface area contributed by atoms with Crippen molar-refractivity contribution in [3.05, 3.63) is 114 Å². The number of hydrogen-bond donors (Lipinski definition) is 1. The van der Waals surface area contributed by atoms with Gasteiger partial charge in [0, 0.05) is 6.08 Å². The van der Waals surface area contributed by atoms with Crippen LogP contribution in [0.2, 0.25) is 0 Å². The van der Waals surface area contributed by atoms with Crippen molar-refractivity contribution in [3.8, 4) is 5.75 Å². The molecule has 30 heavy (non-hydrogen) atoms. The Balaban J connectivity index is 1.63. The standard InChI is InChI=1S/C25H21FN2O2/c1-30-22-14-10-19(11-15-22)23-17-24(20-8-12-21(26)13-9-20)28(27-23)25(29)16-7-18-5-3-2-4-6-18/h2-17,24,27H,1H3/b16-7+/t24-/m0/s1. The van der Waals surface area contributed by atoms with Gasteiger partial charge in [-0.3, -0.25) is 10.2 Å². The van der Waals surface area contributed by atoms with E-state index in [9.17, 15) is 9.18 Å². The van der Waals surface area contributed by atoms with Crippen LogP contribution in [0.3, 0.4) is 0 Å². The van der Waals surface area contributed by atoms with Crippen LogP contribution in [-0.2, 0) is 4.79 Å². The summed E-state index contributed by atoms with van der Waals surface area (Å²) >= 11 is 0. The zero-order chi connectivity index (χ0) is 20.9. The fraction of sp³-hybridized carbons (Fsp3) is 0.0800. The molecule has 1 aliphatic heterocycles. The normalized spacial score (nSPS) is 15.7. The lowest BCUT2D eigenvalue weighted by Crippen LogP contribution is -2.38. The molecule has 3 aromatic rings. The molecule has 0 aromatic heterocycles. The molecule has 150 valence electrons. The first-order valence-electron chi connectivity index (χ1n) is 9.59. The molecule has 0 unspecified atom stereocenters. The van der Waals surface area contributed by atoms with Crippen molar-refractivity contribution < 1.29 is 13.9 Å². The van der Waals surface area contributed by atoms with Gasteiger partial charge in [0.05, 0.1) is 18.8 Å². The highest BCUT2D eigenvalue weighted by Gasteiger charge is 2.29. The van der Waals surface area contributed by atoms with Gasteiger partial charge in [0.25, 0.3) is 5.91 Å². The number of nitrogens with zero attached hydrogens (tertiary/aromatic N) is 1. The van der Waals surface area contributed by atoms with Gasteiger partial charge in [-0.05, 0) is 65.2 Å². The Bertz CT molecular complexity index is 1070. The summed E-state index contributed by atoms with van der Waals surface area (Å²) in [5.41, 5.74) is 6.67. The molecule has 1 amide bonds. The SMILES string of the molecule is COc1ccc(C2=C[C@@H](c3ccc(F)cc3)N(C(=O)/C=C/c3ccccc3)N2)cc1. The van der Waals surface area contributed by atoms with Crippen LogP contribution in [0, 0.1) is 5.82 Å². The lowest BCUT2D eigenvalue weighted by Gasteiger charge is -2.24. The number of carbonyl (C=O) groups excluding carboxylic acids is 1. The van der Waals surface area contributed by atoms with Crippen LogP contribution in [0.25, 0.3) is 11.8 Å². The zero-order valence-electron chi connectivity index (χ0n) is 16.5. The van der Waals surface area contributed by atoms with Crippen molar-refractivity contribution in [1.29, 1.82) is 0 Å². The maximum atomic E-state index is 13.4. The first-order valence-corrected chi connectivity index (χ1v) is 9.59. The van der Waals surface area contributed by atoms with E-state index >= 15 is 0 Å². The summed E-state index contributed by atoms with van der Waals surface area (Å²) in [7, 11) is 1.62. The summed E-state index contributed by atoms with van der Waals surface area (Å²) in [6, 6.07) is 23.0. The molecular weight excluding hydrogens is 379 g/mol. The first kappa shape index (κ1) is 19.5. The second-order valence-electron chi connectivity index (χ2n) is 6.87. The molecule has 4 rings (SSSR count). The Morgan fingerprint density at radius 3 is 2.37 bits per heavy atom. The van der Waals surface area contributed by atoms with E-state index in [1.807, 2.05) is 60.7 Å². The summed E-state index contributed by atoms with van der Waals surface area (Å²) in [6.45, 7) is 0. The summed E-state index contributed by atoms with van der Waals surface area (Å²) < 4.78 is 18.6.